The number of imidazole rings is 1. The van der Waals surface area contributed by atoms with Crippen LogP contribution in [0.1, 0.15) is 40.6 Å². The normalized spacial score (nSPS) is 17.5. The number of carbonyl (C=O) groups is 1. The zero-order valence-corrected chi connectivity index (χ0v) is 19.3. The van der Waals surface area contributed by atoms with Gasteiger partial charge in [-0.1, -0.05) is 35.3 Å². The Morgan fingerprint density at radius 3 is 2.76 bits per heavy atom. The number of fused-ring (bicyclic) bond motifs is 1. The molecule has 2 N–H and O–H groups in total. The van der Waals surface area contributed by atoms with Gasteiger partial charge in [-0.2, -0.15) is 0 Å². The van der Waals surface area contributed by atoms with E-state index in [1.54, 1.807) is 18.5 Å². The van der Waals surface area contributed by atoms with Gasteiger partial charge in [0.2, 0.25) is 0 Å². The van der Waals surface area contributed by atoms with Gasteiger partial charge < -0.3 is 15.2 Å². The zero-order chi connectivity index (χ0) is 22.9. The molecule has 1 aliphatic rings. The smallest absolute Gasteiger partial charge is 0.270 e. The van der Waals surface area contributed by atoms with Gasteiger partial charge in [0, 0.05) is 24.3 Å². The summed E-state index contributed by atoms with van der Waals surface area (Å²) in [6.07, 6.45) is 4.92. The van der Waals surface area contributed by atoms with Crippen LogP contribution < -0.4 is 10.6 Å². The van der Waals surface area contributed by atoms with E-state index in [1.807, 2.05) is 31.2 Å². The molecule has 1 amide bonds. The number of nitrogens with zero attached hydrogens (tertiary/aromatic N) is 5. The van der Waals surface area contributed by atoms with Crippen molar-refractivity contribution in [2.45, 2.75) is 38.4 Å². The summed E-state index contributed by atoms with van der Waals surface area (Å²) in [7, 11) is 0. The maximum atomic E-state index is 12.4. The zero-order valence-electron chi connectivity index (χ0n) is 17.8. The molecule has 0 spiro atoms. The number of hydrogen-bond acceptors (Lipinski definition) is 6. The van der Waals surface area contributed by atoms with Crippen LogP contribution in [0.2, 0.25) is 10.0 Å². The Hall–Kier alpha value is -3.23. The first kappa shape index (κ1) is 21.6. The van der Waals surface area contributed by atoms with Gasteiger partial charge >= 0.3 is 0 Å². The summed E-state index contributed by atoms with van der Waals surface area (Å²) in [6, 6.07) is 11.2. The molecule has 0 unspecified atom stereocenters. The van der Waals surface area contributed by atoms with Crippen molar-refractivity contribution >= 4 is 46.1 Å². The molecule has 4 aromatic rings. The number of amides is 1. The van der Waals surface area contributed by atoms with E-state index in [0.29, 0.717) is 33.6 Å². The predicted octanol–water partition coefficient (Wildman–Crippen LogP) is 4.58. The molecule has 5 rings (SSSR count). The first-order valence-corrected chi connectivity index (χ1v) is 11.3. The largest absolute Gasteiger partial charge is 0.364 e. The van der Waals surface area contributed by atoms with E-state index < -0.39 is 0 Å². The highest BCUT2D eigenvalue weighted by Crippen LogP contribution is 2.35. The summed E-state index contributed by atoms with van der Waals surface area (Å²) >= 11 is 12.1. The molecule has 3 aromatic heterocycles. The molecule has 33 heavy (non-hydrogen) atoms. The summed E-state index contributed by atoms with van der Waals surface area (Å²) in [5, 5.41) is 7.40. The fraction of sp³-hybridized carbons (Fsp3) is 0.261. The molecule has 10 heteroatoms. The third kappa shape index (κ3) is 4.49. The molecule has 0 atom stereocenters. The van der Waals surface area contributed by atoms with Crippen LogP contribution in [0.25, 0.3) is 11.2 Å². The summed E-state index contributed by atoms with van der Waals surface area (Å²) < 4.78 is 2.05. The molecule has 8 nitrogen and oxygen atoms in total. The standard InChI is InChI=1S/C23H21Cl2N7O/c1-13-3-2-4-19(30-13)23(33)31-15-8-16(9-15)32-12-29-20-21(27-11-28-22(20)32)26-10-14-5-6-17(24)18(25)7-14/h2-7,11-12,15-16H,8-10H2,1H3,(H,31,33)(H,26,27,28). The number of rotatable bonds is 6. The lowest BCUT2D eigenvalue weighted by Crippen LogP contribution is -2.45. The molecule has 0 aliphatic heterocycles. The van der Waals surface area contributed by atoms with Gasteiger partial charge in [0.15, 0.2) is 11.5 Å². The number of pyridine rings is 1. The number of halogens is 2. The van der Waals surface area contributed by atoms with Crippen molar-refractivity contribution in [2.75, 3.05) is 5.32 Å². The second kappa shape index (κ2) is 8.96. The molecule has 1 fully saturated rings. The van der Waals surface area contributed by atoms with E-state index in [4.69, 9.17) is 23.2 Å². The van der Waals surface area contributed by atoms with Crippen molar-refractivity contribution in [1.82, 2.24) is 29.8 Å². The van der Waals surface area contributed by atoms with Crippen molar-refractivity contribution in [3.05, 3.63) is 76.0 Å². The highest BCUT2D eigenvalue weighted by Gasteiger charge is 2.33. The van der Waals surface area contributed by atoms with Crippen molar-refractivity contribution in [3.63, 3.8) is 0 Å². The number of benzene rings is 1. The molecule has 0 saturated heterocycles. The first-order chi connectivity index (χ1) is 16.0. The summed E-state index contributed by atoms with van der Waals surface area (Å²) in [5.74, 6) is 0.508. The number of nitrogens with one attached hydrogen (secondary N) is 2. The Labute approximate surface area is 200 Å². The summed E-state index contributed by atoms with van der Waals surface area (Å²) in [6.45, 7) is 2.40. The fourth-order valence-electron chi connectivity index (χ4n) is 3.95. The second-order valence-corrected chi connectivity index (χ2v) is 8.92. The highest BCUT2D eigenvalue weighted by molar-refractivity contribution is 6.42. The third-order valence-electron chi connectivity index (χ3n) is 5.77. The van der Waals surface area contributed by atoms with Gasteiger partial charge in [-0.3, -0.25) is 4.79 Å². The number of aromatic nitrogens is 5. The highest BCUT2D eigenvalue weighted by atomic mass is 35.5. The summed E-state index contributed by atoms with van der Waals surface area (Å²) in [5.41, 5.74) is 3.71. The van der Waals surface area contributed by atoms with Crippen molar-refractivity contribution < 1.29 is 4.79 Å². The molecular formula is C23H21Cl2N7O. The van der Waals surface area contributed by atoms with Gasteiger partial charge in [0.05, 0.1) is 16.4 Å². The van der Waals surface area contributed by atoms with E-state index in [-0.39, 0.29) is 18.0 Å². The first-order valence-electron chi connectivity index (χ1n) is 10.6. The minimum absolute atomic E-state index is 0.0938. The number of aryl methyl sites for hydroxylation is 1. The molecule has 1 aliphatic carbocycles. The van der Waals surface area contributed by atoms with Crippen LogP contribution in [0.5, 0.6) is 0 Å². The Kier molecular flexibility index (Phi) is 5.86. The number of anilines is 1. The van der Waals surface area contributed by atoms with Gasteiger partial charge in [-0.15, -0.1) is 0 Å². The average Bonchev–Trinajstić information content (AvgIpc) is 3.21. The van der Waals surface area contributed by atoms with Crippen LogP contribution >= 0.6 is 23.2 Å². The minimum atomic E-state index is -0.145. The van der Waals surface area contributed by atoms with Crippen LogP contribution in [0.15, 0.2) is 49.1 Å². The van der Waals surface area contributed by atoms with Crippen molar-refractivity contribution in [1.29, 1.82) is 0 Å². The van der Waals surface area contributed by atoms with E-state index in [2.05, 4.69) is 35.1 Å². The SMILES string of the molecule is Cc1cccc(C(=O)NC2CC(n3cnc4c(NCc5ccc(Cl)c(Cl)c5)ncnc43)C2)n1. The Bertz CT molecular complexity index is 1330. The van der Waals surface area contributed by atoms with E-state index >= 15 is 0 Å². The fourth-order valence-corrected chi connectivity index (χ4v) is 4.27. The molecule has 0 radical (unpaired) electrons. The maximum absolute atomic E-state index is 12.4. The van der Waals surface area contributed by atoms with Crippen LogP contribution in [0, 0.1) is 6.92 Å². The lowest BCUT2D eigenvalue weighted by Gasteiger charge is -2.36. The molecule has 3 heterocycles. The maximum Gasteiger partial charge on any atom is 0.270 e. The van der Waals surface area contributed by atoms with E-state index in [0.717, 1.165) is 29.7 Å². The topological polar surface area (TPSA) is 97.6 Å². The Morgan fingerprint density at radius 1 is 1.12 bits per heavy atom. The van der Waals surface area contributed by atoms with Gasteiger partial charge in [0.25, 0.3) is 5.91 Å². The minimum Gasteiger partial charge on any atom is -0.364 e. The monoisotopic (exact) mass is 481 g/mol. The second-order valence-electron chi connectivity index (χ2n) is 8.11. The van der Waals surface area contributed by atoms with Gasteiger partial charge in [-0.05, 0) is 49.6 Å². The average molecular weight is 482 g/mol. The molecular weight excluding hydrogens is 461 g/mol. The predicted molar refractivity (Wildman–Crippen MR) is 128 cm³/mol. The lowest BCUT2D eigenvalue weighted by molar-refractivity contribution is 0.0889. The molecule has 0 bridgehead atoms. The molecule has 1 saturated carbocycles. The van der Waals surface area contributed by atoms with Gasteiger partial charge in [-0.25, -0.2) is 19.9 Å². The van der Waals surface area contributed by atoms with E-state index in [1.165, 1.54) is 6.33 Å². The van der Waals surface area contributed by atoms with Crippen molar-refractivity contribution in [2.24, 2.45) is 0 Å². The molecule has 168 valence electrons. The third-order valence-corrected chi connectivity index (χ3v) is 6.50. The van der Waals surface area contributed by atoms with Crippen LogP contribution in [0.4, 0.5) is 5.82 Å². The summed E-state index contributed by atoms with van der Waals surface area (Å²) in [4.78, 5) is 30.1. The van der Waals surface area contributed by atoms with Crippen LogP contribution in [-0.2, 0) is 6.54 Å². The Morgan fingerprint density at radius 2 is 1.97 bits per heavy atom. The van der Waals surface area contributed by atoms with Gasteiger partial charge in [0.1, 0.15) is 17.5 Å². The van der Waals surface area contributed by atoms with Crippen molar-refractivity contribution in [3.8, 4) is 0 Å². The van der Waals surface area contributed by atoms with Crippen LogP contribution in [0.3, 0.4) is 0 Å². The number of hydrogen-bond donors (Lipinski definition) is 2. The van der Waals surface area contributed by atoms with Crippen LogP contribution in [-0.4, -0.2) is 36.5 Å². The Balaban J connectivity index is 1.24. The quantitative estimate of drug-likeness (QED) is 0.418. The molecule has 1 aromatic carbocycles. The van der Waals surface area contributed by atoms with E-state index in [9.17, 15) is 4.79 Å². The lowest BCUT2D eigenvalue weighted by atomic mass is 9.86. The number of carbonyl (C=O) groups excluding carboxylic acids is 1.